The molecule has 98 valence electrons. The highest BCUT2D eigenvalue weighted by Crippen LogP contribution is 2.23. The lowest BCUT2D eigenvalue weighted by molar-refractivity contribution is -0.138. The molecule has 0 aromatic rings. The zero-order valence-corrected chi connectivity index (χ0v) is 11.0. The Hall–Kier alpha value is -1.78. The molecule has 0 unspecified atom stereocenters. The van der Waals surface area contributed by atoms with Gasteiger partial charge in [-0.1, -0.05) is 0 Å². The van der Waals surface area contributed by atoms with Crippen molar-refractivity contribution in [1.82, 2.24) is 5.32 Å². The third kappa shape index (κ3) is 3.12. The zero-order valence-electron chi connectivity index (χ0n) is 11.0. The molecule has 0 saturated carbocycles. The van der Waals surface area contributed by atoms with Gasteiger partial charge in [0.25, 0.3) is 0 Å². The minimum atomic E-state index is -0.503. The summed E-state index contributed by atoms with van der Waals surface area (Å²) in [5.74, 6) is -1.01. The Morgan fingerprint density at radius 3 is 1.72 bits per heavy atom. The van der Waals surface area contributed by atoms with E-state index in [1.165, 1.54) is 0 Å². The van der Waals surface area contributed by atoms with Gasteiger partial charge >= 0.3 is 11.9 Å². The predicted molar refractivity (Wildman–Crippen MR) is 65.0 cm³/mol. The fourth-order valence-electron chi connectivity index (χ4n) is 1.53. The second kappa shape index (κ2) is 6.23. The Labute approximate surface area is 107 Å². The quantitative estimate of drug-likeness (QED) is 0.764. The Kier molecular flexibility index (Phi) is 4.95. The van der Waals surface area contributed by atoms with Crippen molar-refractivity contribution in [2.75, 3.05) is 13.2 Å². The Morgan fingerprint density at radius 1 is 1.00 bits per heavy atom. The summed E-state index contributed by atoms with van der Waals surface area (Å²) in [4.78, 5) is 23.4. The van der Waals surface area contributed by atoms with Crippen LogP contribution in [0.4, 0.5) is 0 Å². The van der Waals surface area contributed by atoms with Gasteiger partial charge in [-0.05, 0) is 27.7 Å². The number of nitrogens with one attached hydrogen (secondary N) is 1. The lowest BCUT2D eigenvalue weighted by Crippen LogP contribution is -2.27. The van der Waals surface area contributed by atoms with Crippen LogP contribution < -0.4 is 5.32 Å². The predicted octanol–water partition coefficient (Wildman–Crippen LogP) is 1.35. The molecule has 18 heavy (non-hydrogen) atoms. The molecular formula is C13H17NO4. The molecule has 0 amide bonds. The molecule has 5 heteroatoms. The maximum Gasteiger partial charge on any atom is 0.336 e. The normalized spacial score (nSPS) is 15.3. The molecule has 1 aliphatic rings. The minimum Gasteiger partial charge on any atom is -0.463 e. The van der Waals surface area contributed by atoms with Gasteiger partial charge in [-0.3, -0.25) is 0 Å². The first-order chi connectivity index (χ1) is 8.51. The fourth-order valence-corrected chi connectivity index (χ4v) is 1.53. The first-order valence-electron chi connectivity index (χ1n) is 5.81. The summed E-state index contributed by atoms with van der Waals surface area (Å²) in [6.45, 7) is 7.44. The van der Waals surface area contributed by atoms with Gasteiger partial charge in [0, 0.05) is 11.4 Å². The molecule has 5 nitrogen and oxygen atoms in total. The number of hydrogen-bond acceptors (Lipinski definition) is 5. The number of esters is 2. The van der Waals surface area contributed by atoms with Crippen molar-refractivity contribution in [3.05, 3.63) is 29.0 Å². The van der Waals surface area contributed by atoms with E-state index in [-0.39, 0.29) is 24.4 Å². The number of dihydropyridines is 1. The first kappa shape index (κ1) is 14.3. The van der Waals surface area contributed by atoms with E-state index < -0.39 is 11.9 Å². The van der Waals surface area contributed by atoms with E-state index in [0.29, 0.717) is 11.4 Å². The summed E-state index contributed by atoms with van der Waals surface area (Å²) in [6, 6.07) is 0. The maximum absolute atomic E-state index is 11.7. The molecule has 0 aromatic heterocycles. The molecule has 1 rings (SSSR count). The molecule has 1 heterocycles. The average Bonchev–Trinajstić information content (AvgIpc) is 2.29. The van der Waals surface area contributed by atoms with Gasteiger partial charge in [-0.2, -0.15) is 0 Å². The highest BCUT2D eigenvalue weighted by molar-refractivity contribution is 6.00. The van der Waals surface area contributed by atoms with Gasteiger partial charge in [-0.25, -0.2) is 9.59 Å². The topological polar surface area (TPSA) is 64.6 Å². The Bertz CT molecular complexity index is 383. The summed E-state index contributed by atoms with van der Waals surface area (Å²) < 4.78 is 9.80. The van der Waals surface area contributed by atoms with E-state index in [1.807, 2.05) is 0 Å². The van der Waals surface area contributed by atoms with Crippen LogP contribution in [0.5, 0.6) is 0 Å². The molecule has 0 atom stereocenters. The van der Waals surface area contributed by atoms with E-state index in [1.54, 1.807) is 27.7 Å². The van der Waals surface area contributed by atoms with Gasteiger partial charge < -0.3 is 14.8 Å². The third-order valence-corrected chi connectivity index (χ3v) is 2.33. The van der Waals surface area contributed by atoms with Crippen LogP contribution in [0, 0.1) is 6.42 Å². The molecule has 0 aromatic carbocycles. The maximum atomic E-state index is 11.7. The highest BCUT2D eigenvalue weighted by Gasteiger charge is 2.27. The summed E-state index contributed by atoms with van der Waals surface area (Å²) >= 11 is 0. The first-order valence-corrected chi connectivity index (χ1v) is 5.81. The monoisotopic (exact) mass is 251 g/mol. The summed E-state index contributed by atoms with van der Waals surface area (Å²) in [6.07, 6.45) is 2.77. The van der Waals surface area contributed by atoms with Crippen LogP contribution in [0.1, 0.15) is 27.7 Å². The minimum absolute atomic E-state index is 0.227. The molecule has 0 spiro atoms. The molecule has 0 bridgehead atoms. The summed E-state index contributed by atoms with van der Waals surface area (Å²) in [5, 5.41) is 2.95. The molecular weight excluding hydrogens is 234 g/mol. The van der Waals surface area contributed by atoms with Crippen molar-refractivity contribution >= 4 is 11.9 Å². The Morgan fingerprint density at radius 2 is 1.39 bits per heavy atom. The second-order valence-corrected chi connectivity index (χ2v) is 3.69. The van der Waals surface area contributed by atoms with Crippen LogP contribution in [0.15, 0.2) is 22.5 Å². The molecule has 2 radical (unpaired) electrons. The van der Waals surface area contributed by atoms with Crippen molar-refractivity contribution in [3.8, 4) is 0 Å². The SMILES string of the molecule is CCOC(=O)C1=C(C)NC(C)=C(C(=O)OCC)[C]1. The van der Waals surface area contributed by atoms with E-state index >= 15 is 0 Å². The number of carbonyl (C=O) groups excluding carboxylic acids is 2. The van der Waals surface area contributed by atoms with E-state index in [0.717, 1.165) is 0 Å². The van der Waals surface area contributed by atoms with Crippen LogP contribution in [0.3, 0.4) is 0 Å². The molecule has 1 aliphatic heterocycles. The molecule has 0 fully saturated rings. The van der Waals surface area contributed by atoms with E-state index in [2.05, 4.69) is 11.7 Å². The summed E-state index contributed by atoms with van der Waals surface area (Å²) in [7, 11) is 0. The van der Waals surface area contributed by atoms with Gasteiger partial charge in [0.2, 0.25) is 0 Å². The van der Waals surface area contributed by atoms with Gasteiger partial charge in [0.1, 0.15) is 0 Å². The molecule has 0 saturated heterocycles. The molecule has 1 N–H and O–H groups in total. The van der Waals surface area contributed by atoms with Crippen LogP contribution in [-0.2, 0) is 19.1 Å². The van der Waals surface area contributed by atoms with Crippen molar-refractivity contribution < 1.29 is 19.1 Å². The smallest absolute Gasteiger partial charge is 0.336 e. The van der Waals surface area contributed by atoms with E-state index in [4.69, 9.17) is 9.47 Å². The second-order valence-electron chi connectivity index (χ2n) is 3.69. The largest absolute Gasteiger partial charge is 0.463 e. The van der Waals surface area contributed by atoms with Crippen LogP contribution in [0.25, 0.3) is 0 Å². The lowest BCUT2D eigenvalue weighted by Gasteiger charge is -2.21. The third-order valence-electron chi connectivity index (χ3n) is 2.33. The lowest BCUT2D eigenvalue weighted by atomic mass is 9.98. The van der Waals surface area contributed by atoms with Crippen LogP contribution in [-0.4, -0.2) is 25.2 Å². The van der Waals surface area contributed by atoms with Crippen molar-refractivity contribution in [2.45, 2.75) is 27.7 Å². The average molecular weight is 251 g/mol. The number of hydrogen-bond donors (Lipinski definition) is 1. The number of allylic oxidation sites excluding steroid dienone is 2. The highest BCUT2D eigenvalue weighted by atomic mass is 16.5. The van der Waals surface area contributed by atoms with Gasteiger partial charge in [0.05, 0.1) is 30.8 Å². The van der Waals surface area contributed by atoms with Gasteiger partial charge in [0.15, 0.2) is 0 Å². The number of rotatable bonds is 4. The van der Waals surface area contributed by atoms with Crippen molar-refractivity contribution in [2.24, 2.45) is 0 Å². The number of carbonyl (C=O) groups is 2. The van der Waals surface area contributed by atoms with Crippen LogP contribution in [0.2, 0.25) is 0 Å². The Balaban J connectivity index is 2.89. The van der Waals surface area contributed by atoms with Gasteiger partial charge in [-0.15, -0.1) is 0 Å². The zero-order chi connectivity index (χ0) is 13.7. The van der Waals surface area contributed by atoms with E-state index in [9.17, 15) is 9.59 Å². The fraction of sp³-hybridized carbons (Fsp3) is 0.462. The number of ether oxygens (including phenoxy) is 2. The van der Waals surface area contributed by atoms with Crippen LogP contribution >= 0.6 is 0 Å². The molecule has 0 aliphatic carbocycles. The standard InChI is InChI=1S/C13H17NO4/c1-5-17-12(15)10-7-11(13(16)18-6-2)9(4)14-8(10)3/h14H,5-6H2,1-4H3. The summed E-state index contributed by atoms with van der Waals surface area (Å²) in [5.41, 5.74) is 1.68. The van der Waals surface area contributed by atoms with Crippen molar-refractivity contribution in [3.63, 3.8) is 0 Å². The van der Waals surface area contributed by atoms with Crippen molar-refractivity contribution in [1.29, 1.82) is 0 Å².